The predicted octanol–water partition coefficient (Wildman–Crippen LogP) is 1.24. The van der Waals surface area contributed by atoms with Gasteiger partial charge in [0.25, 0.3) is 0 Å². The van der Waals surface area contributed by atoms with Crippen LogP contribution in [0.5, 0.6) is 0 Å². The molecule has 0 saturated carbocycles. The number of rotatable bonds is 2. The molecule has 0 saturated heterocycles. The number of carboxylic acid groups (broad SMARTS) is 1. The first kappa shape index (κ1) is 6.95. The van der Waals surface area contributed by atoms with E-state index in [2.05, 4.69) is 4.98 Å². The summed E-state index contributed by atoms with van der Waals surface area (Å²) in [7, 11) is 0. The lowest BCUT2D eigenvalue weighted by Gasteiger charge is -1.77. The van der Waals surface area contributed by atoms with E-state index in [1.807, 2.05) is 0 Å². The molecule has 10 heavy (non-hydrogen) atoms. The molecule has 3 nitrogen and oxygen atoms in total. The molecule has 1 rings (SSSR count). The van der Waals surface area contributed by atoms with Crippen molar-refractivity contribution in [3.05, 3.63) is 22.7 Å². The molecule has 1 aromatic rings. The van der Waals surface area contributed by atoms with Crippen LogP contribution >= 0.6 is 11.3 Å². The molecule has 0 amide bonds. The molecule has 0 spiro atoms. The molecule has 1 aromatic heterocycles. The Hall–Kier alpha value is -1.16. The summed E-state index contributed by atoms with van der Waals surface area (Å²) in [6.45, 7) is 0. The van der Waals surface area contributed by atoms with Gasteiger partial charge in [-0.3, -0.25) is 0 Å². The quantitative estimate of drug-likeness (QED) is 0.654. The van der Waals surface area contributed by atoms with Crippen LogP contribution in [-0.4, -0.2) is 16.1 Å². The second kappa shape index (κ2) is 3.12. The molecular weight excluding hydrogens is 150 g/mol. The van der Waals surface area contributed by atoms with Crippen molar-refractivity contribution in [1.82, 2.24) is 4.98 Å². The van der Waals surface area contributed by atoms with Crippen LogP contribution in [0.15, 0.2) is 17.0 Å². The van der Waals surface area contributed by atoms with Crippen LogP contribution in [0, 0.1) is 0 Å². The lowest BCUT2D eigenvalue weighted by molar-refractivity contribution is -0.131. The van der Waals surface area contributed by atoms with Crippen LogP contribution in [0.2, 0.25) is 0 Å². The molecule has 0 fully saturated rings. The number of carboxylic acids is 1. The lowest BCUT2D eigenvalue weighted by atomic mass is 10.4. The van der Waals surface area contributed by atoms with E-state index in [4.69, 9.17) is 5.11 Å². The van der Waals surface area contributed by atoms with Crippen molar-refractivity contribution >= 4 is 23.4 Å². The Morgan fingerprint density at radius 3 is 3.10 bits per heavy atom. The number of hydrogen-bond donors (Lipinski definition) is 1. The van der Waals surface area contributed by atoms with Crippen molar-refractivity contribution < 1.29 is 9.90 Å². The predicted molar refractivity (Wildman–Crippen MR) is 38.8 cm³/mol. The molecule has 0 aliphatic rings. The van der Waals surface area contributed by atoms with Crippen LogP contribution in [0.1, 0.15) is 5.69 Å². The summed E-state index contributed by atoms with van der Waals surface area (Å²) in [6.07, 6.45) is 2.52. The number of aliphatic carboxylic acids is 1. The highest BCUT2D eigenvalue weighted by atomic mass is 32.1. The minimum Gasteiger partial charge on any atom is -0.478 e. The Balaban J connectivity index is 2.64. The normalized spacial score (nSPS) is 10.4. The summed E-state index contributed by atoms with van der Waals surface area (Å²) in [4.78, 5) is 13.8. The summed E-state index contributed by atoms with van der Waals surface area (Å²) in [5.74, 6) is -0.951. The van der Waals surface area contributed by atoms with Gasteiger partial charge in [0.15, 0.2) is 0 Å². The zero-order valence-corrected chi connectivity index (χ0v) is 5.84. The smallest absolute Gasteiger partial charge is 0.328 e. The van der Waals surface area contributed by atoms with Crippen molar-refractivity contribution in [3.8, 4) is 0 Å². The molecule has 0 radical (unpaired) electrons. The fourth-order valence-electron chi connectivity index (χ4n) is 0.461. The molecule has 52 valence electrons. The highest BCUT2D eigenvalue weighted by Crippen LogP contribution is 2.01. The van der Waals surface area contributed by atoms with E-state index in [1.54, 1.807) is 10.9 Å². The molecule has 0 unspecified atom stereocenters. The van der Waals surface area contributed by atoms with E-state index in [1.165, 1.54) is 17.4 Å². The van der Waals surface area contributed by atoms with Gasteiger partial charge in [-0.05, 0) is 6.08 Å². The fraction of sp³-hybridized carbons (Fsp3) is 0. The Kier molecular flexibility index (Phi) is 2.17. The van der Waals surface area contributed by atoms with E-state index in [0.717, 1.165) is 6.08 Å². The van der Waals surface area contributed by atoms with Gasteiger partial charge in [-0.25, -0.2) is 9.78 Å². The maximum absolute atomic E-state index is 9.98. The van der Waals surface area contributed by atoms with Crippen molar-refractivity contribution in [1.29, 1.82) is 0 Å². The molecule has 0 aliphatic carbocycles. The van der Waals surface area contributed by atoms with Crippen LogP contribution < -0.4 is 0 Å². The number of aromatic nitrogens is 1. The Labute approximate surface area is 61.7 Å². The van der Waals surface area contributed by atoms with Crippen LogP contribution in [0.4, 0.5) is 0 Å². The molecule has 1 N–H and O–H groups in total. The largest absolute Gasteiger partial charge is 0.478 e. The Bertz CT molecular complexity index is 240. The van der Waals surface area contributed by atoms with Gasteiger partial charge in [-0.15, -0.1) is 11.3 Å². The van der Waals surface area contributed by atoms with E-state index >= 15 is 0 Å². The first-order chi connectivity index (χ1) is 4.79. The third kappa shape index (κ3) is 1.99. The number of nitrogens with zero attached hydrogens (tertiary/aromatic N) is 1. The standard InChI is InChI=1S/C6H5NO2S/c8-6(9)2-1-5-3-10-4-7-5/h1-4H,(H,8,9). The molecule has 0 atom stereocenters. The van der Waals surface area contributed by atoms with Gasteiger partial charge in [-0.2, -0.15) is 0 Å². The molecule has 0 aromatic carbocycles. The second-order valence-corrected chi connectivity index (χ2v) is 2.30. The van der Waals surface area contributed by atoms with Gasteiger partial charge >= 0.3 is 5.97 Å². The highest BCUT2D eigenvalue weighted by Gasteiger charge is 1.88. The summed E-state index contributed by atoms with van der Waals surface area (Å²) in [5, 5.41) is 9.98. The maximum Gasteiger partial charge on any atom is 0.328 e. The van der Waals surface area contributed by atoms with Crippen molar-refractivity contribution in [2.24, 2.45) is 0 Å². The fourth-order valence-corrected chi connectivity index (χ4v) is 0.983. The van der Waals surface area contributed by atoms with Gasteiger partial charge < -0.3 is 5.11 Å². The van der Waals surface area contributed by atoms with Crippen molar-refractivity contribution in [3.63, 3.8) is 0 Å². The molecular formula is C6H5NO2S. The maximum atomic E-state index is 9.98. The second-order valence-electron chi connectivity index (χ2n) is 1.58. The molecule has 4 heteroatoms. The first-order valence-corrected chi connectivity index (χ1v) is 3.52. The van der Waals surface area contributed by atoms with E-state index in [9.17, 15) is 4.79 Å². The number of hydrogen-bond acceptors (Lipinski definition) is 3. The Morgan fingerprint density at radius 1 is 1.80 bits per heavy atom. The van der Waals surface area contributed by atoms with Crippen molar-refractivity contribution in [2.75, 3.05) is 0 Å². The zero-order chi connectivity index (χ0) is 7.40. The SMILES string of the molecule is O=C(O)C=Cc1cscn1. The van der Waals surface area contributed by atoms with Gasteiger partial charge in [0.2, 0.25) is 0 Å². The van der Waals surface area contributed by atoms with E-state index < -0.39 is 5.97 Å². The van der Waals surface area contributed by atoms with Gasteiger partial charge in [-0.1, -0.05) is 0 Å². The monoisotopic (exact) mass is 155 g/mol. The topological polar surface area (TPSA) is 50.2 Å². The van der Waals surface area contributed by atoms with E-state index in [0.29, 0.717) is 5.69 Å². The molecule has 0 bridgehead atoms. The summed E-state index contributed by atoms with van der Waals surface area (Å²) in [5.41, 5.74) is 2.34. The molecule has 0 aliphatic heterocycles. The third-order valence-corrected chi connectivity index (χ3v) is 1.45. The minimum absolute atomic E-state index is 0.687. The summed E-state index contributed by atoms with van der Waals surface area (Å²) in [6, 6.07) is 0. The number of thiazole rings is 1. The molecule has 1 heterocycles. The van der Waals surface area contributed by atoms with Crippen LogP contribution in [0.3, 0.4) is 0 Å². The lowest BCUT2D eigenvalue weighted by Crippen LogP contribution is -1.85. The summed E-state index contributed by atoms with van der Waals surface area (Å²) < 4.78 is 0. The summed E-state index contributed by atoms with van der Waals surface area (Å²) >= 11 is 1.44. The van der Waals surface area contributed by atoms with E-state index in [-0.39, 0.29) is 0 Å². The average molecular weight is 155 g/mol. The Morgan fingerprint density at radius 2 is 2.60 bits per heavy atom. The minimum atomic E-state index is -0.951. The van der Waals surface area contributed by atoms with Crippen LogP contribution in [-0.2, 0) is 4.79 Å². The first-order valence-electron chi connectivity index (χ1n) is 2.58. The van der Waals surface area contributed by atoms with Gasteiger partial charge in [0, 0.05) is 11.5 Å². The average Bonchev–Trinajstić information content (AvgIpc) is 2.34. The third-order valence-electron chi connectivity index (χ3n) is 0.848. The highest BCUT2D eigenvalue weighted by molar-refractivity contribution is 7.07. The number of carbonyl (C=O) groups is 1. The zero-order valence-electron chi connectivity index (χ0n) is 5.02. The van der Waals surface area contributed by atoms with Crippen LogP contribution in [0.25, 0.3) is 6.08 Å². The van der Waals surface area contributed by atoms with Gasteiger partial charge in [0.05, 0.1) is 11.2 Å². The van der Waals surface area contributed by atoms with Crippen molar-refractivity contribution in [2.45, 2.75) is 0 Å². The van der Waals surface area contributed by atoms with Gasteiger partial charge in [0.1, 0.15) is 0 Å².